The summed E-state index contributed by atoms with van der Waals surface area (Å²) in [6.07, 6.45) is 0.399. The van der Waals surface area contributed by atoms with Crippen LogP contribution in [0.4, 0.5) is 9.52 Å². The molecule has 0 aliphatic carbocycles. The van der Waals surface area contributed by atoms with Gasteiger partial charge in [0.1, 0.15) is 5.82 Å². The highest BCUT2D eigenvalue weighted by molar-refractivity contribution is 9.10. The van der Waals surface area contributed by atoms with Gasteiger partial charge >= 0.3 is 0 Å². The molecular formula is C18H15BrFN3O3S. The lowest BCUT2D eigenvalue weighted by Gasteiger charge is -2.03. The normalized spacial score (nSPS) is 10.6. The maximum atomic E-state index is 13.8. The zero-order valence-corrected chi connectivity index (χ0v) is 16.6. The molecule has 0 aliphatic heterocycles. The lowest BCUT2D eigenvalue weighted by atomic mass is 10.1. The van der Waals surface area contributed by atoms with Gasteiger partial charge in [-0.15, -0.1) is 11.3 Å². The van der Waals surface area contributed by atoms with Crippen molar-refractivity contribution in [3.63, 3.8) is 0 Å². The number of nitrogens with one attached hydrogen (secondary N) is 2. The molecule has 2 heterocycles. The van der Waals surface area contributed by atoms with Gasteiger partial charge in [0.05, 0.1) is 12.2 Å². The fraction of sp³-hybridized carbons (Fsp3) is 0.167. The SMILES string of the molecule is Cc1nc(NC(=O)CNC(=O)c2ccc(Br)o2)sc1Cc1ccccc1F. The Bertz CT molecular complexity index is 986. The Morgan fingerprint density at radius 3 is 2.74 bits per heavy atom. The van der Waals surface area contributed by atoms with Crippen LogP contribution in [0.5, 0.6) is 0 Å². The van der Waals surface area contributed by atoms with Crippen LogP contribution in [0.2, 0.25) is 0 Å². The monoisotopic (exact) mass is 451 g/mol. The van der Waals surface area contributed by atoms with E-state index in [4.69, 9.17) is 4.42 Å². The van der Waals surface area contributed by atoms with Crippen LogP contribution < -0.4 is 10.6 Å². The van der Waals surface area contributed by atoms with Gasteiger partial charge in [0, 0.05) is 11.3 Å². The van der Waals surface area contributed by atoms with Crippen LogP contribution in [0.25, 0.3) is 0 Å². The van der Waals surface area contributed by atoms with Crippen molar-refractivity contribution in [2.45, 2.75) is 13.3 Å². The van der Waals surface area contributed by atoms with Crippen LogP contribution in [0.3, 0.4) is 0 Å². The number of halogens is 2. The summed E-state index contributed by atoms with van der Waals surface area (Å²) in [6.45, 7) is 1.58. The number of aryl methyl sites for hydroxylation is 1. The van der Waals surface area contributed by atoms with Crippen molar-refractivity contribution in [3.05, 3.63) is 68.8 Å². The number of anilines is 1. The van der Waals surface area contributed by atoms with Crippen molar-refractivity contribution in [1.82, 2.24) is 10.3 Å². The molecule has 27 heavy (non-hydrogen) atoms. The van der Waals surface area contributed by atoms with E-state index in [-0.39, 0.29) is 18.1 Å². The molecule has 0 spiro atoms. The summed E-state index contributed by atoms with van der Waals surface area (Å²) in [5, 5.41) is 5.50. The van der Waals surface area contributed by atoms with E-state index in [1.807, 2.05) is 0 Å². The van der Waals surface area contributed by atoms with Gasteiger partial charge in [0.25, 0.3) is 5.91 Å². The van der Waals surface area contributed by atoms with Gasteiger partial charge in [0.15, 0.2) is 15.6 Å². The van der Waals surface area contributed by atoms with Gasteiger partial charge in [-0.25, -0.2) is 9.37 Å². The van der Waals surface area contributed by atoms with Crippen molar-refractivity contribution < 1.29 is 18.4 Å². The second kappa shape index (κ2) is 8.45. The maximum Gasteiger partial charge on any atom is 0.287 e. The molecule has 1 aromatic carbocycles. The molecule has 2 aromatic heterocycles. The number of aromatic nitrogens is 1. The van der Waals surface area contributed by atoms with Crippen LogP contribution in [0, 0.1) is 12.7 Å². The summed E-state index contributed by atoms with van der Waals surface area (Å²) < 4.78 is 19.3. The first-order valence-electron chi connectivity index (χ1n) is 7.95. The number of rotatable bonds is 6. The third kappa shape index (κ3) is 5.01. The summed E-state index contributed by atoms with van der Waals surface area (Å²) >= 11 is 4.38. The third-order valence-electron chi connectivity index (χ3n) is 3.65. The number of nitrogens with zero attached hydrogens (tertiary/aromatic N) is 1. The number of carbonyl (C=O) groups is 2. The number of hydrogen-bond donors (Lipinski definition) is 2. The molecule has 2 N–H and O–H groups in total. The first-order valence-corrected chi connectivity index (χ1v) is 9.56. The van der Waals surface area contributed by atoms with Crippen molar-refractivity contribution in [1.29, 1.82) is 0 Å². The smallest absolute Gasteiger partial charge is 0.287 e. The van der Waals surface area contributed by atoms with E-state index < -0.39 is 11.8 Å². The molecule has 0 unspecified atom stereocenters. The van der Waals surface area contributed by atoms with E-state index in [1.54, 1.807) is 31.2 Å². The van der Waals surface area contributed by atoms with E-state index in [2.05, 4.69) is 31.5 Å². The average Bonchev–Trinajstić information content (AvgIpc) is 3.21. The molecule has 3 aromatic rings. The van der Waals surface area contributed by atoms with Crippen molar-refractivity contribution in [2.24, 2.45) is 0 Å². The molecule has 9 heteroatoms. The molecule has 0 radical (unpaired) electrons. The molecular weight excluding hydrogens is 437 g/mol. The topological polar surface area (TPSA) is 84.2 Å². The first-order chi connectivity index (χ1) is 12.9. The number of furan rings is 1. The highest BCUT2D eigenvalue weighted by Crippen LogP contribution is 2.26. The molecule has 0 bridgehead atoms. The Morgan fingerprint density at radius 2 is 2.04 bits per heavy atom. The van der Waals surface area contributed by atoms with E-state index in [9.17, 15) is 14.0 Å². The van der Waals surface area contributed by atoms with Crippen LogP contribution in [-0.2, 0) is 11.2 Å². The molecule has 2 amide bonds. The van der Waals surface area contributed by atoms with Crippen LogP contribution in [-0.4, -0.2) is 23.3 Å². The minimum Gasteiger partial charge on any atom is -0.444 e. The zero-order chi connectivity index (χ0) is 19.4. The highest BCUT2D eigenvalue weighted by Gasteiger charge is 2.15. The standard InChI is InChI=1S/C18H15BrFN3O3S/c1-10-14(8-11-4-2-3-5-12(11)20)27-18(22-10)23-16(24)9-21-17(25)13-6-7-15(19)26-13/h2-7H,8-9H2,1H3,(H,21,25)(H,22,23,24). The fourth-order valence-electron chi connectivity index (χ4n) is 2.31. The molecule has 0 saturated heterocycles. The zero-order valence-electron chi connectivity index (χ0n) is 14.2. The van der Waals surface area contributed by atoms with Crippen molar-refractivity contribution >= 4 is 44.2 Å². The quantitative estimate of drug-likeness (QED) is 0.594. The predicted octanol–water partition coefficient (Wildman–Crippen LogP) is 3.91. The summed E-state index contributed by atoms with van der Waals surface area (Å²) in [6, 6.07) is 9.63. The lowest BCUT2D eigenvalue weighted by Crippen LogP contribution is -2.32. The Labute approximate surface area is 166 Å². The molecule has 140 valence electrons. The summed E-state index contributed by atoms with van der Waals surface area (Å²) in [4.78, 5) is 29.0. The van der Waals surface area contributed by atoms with E-state index >= 15 is 0 Å². The van der Waals surface area contributed by atoms with Gasteiger partial charge in [-0.2, -0.15) is 0 Å². The Kier molecular flexibility index (Phi) is 6.02. The van der Waals surface area contributed by atoms with Crippen molar-refractivity contribution in [3.8, 4) is 0 Å². The van der Waals surface area contributed by atoms with E-state index in [1.165, 1.54) is 23.5 Å². The Morgan fingerprint density at radius 1 is 1.26 bits per heavy atom. The number of thiazole rings is 1. The van der Waals surface area contributed by atoms with Crippen LogP contribution in [0.15, 0.2) is 45.5 Å². The van der Waals surface area contributed by atoms with Crippen LogP contribution in [0.1, 0.15) is 26.7 Å². The number of carbonyl (C=O) groups excluding carboxylic acids is 2. The number of amides is 2. The number of benzene rings is 1. The predicted molar refractivity (Wildman–Crippen MR) is 103 cm³/mol. The minimum atomic E-state index is -0.494. The number of hydrogen-bond acceptors (Lipinski definition) is 5. The average molecular weight is 452 g/mol. The second-order valence-corrected chi connectivity index (χ2v) is 7.50. The maximum absolute atomic E-state index is 13.8. The Hall–Kier alpha value is -2.52. The van der Waals surface area contributed by atoms with Gasteiger partial charge in [-0.3, -0.25) is 9.59 Å². The van der Waals surface area contributed by atoms with Crippen molar-refractivity contribution in [2.75, 3.05) is 11.9 Å². The van der Waals surface area contributed by atoms with Gasteiger partial charge in [-0.1, -0.05) is 18.2 Å². The lowest BCUT2D eigenvalue weighted by molar-refractivity contribution is -0.115. The summed E-state index contributed by atoms with van der Waals surface area (Å²) in [5.74, 6) is -1.08. The summed E-state index contributed by atoms with van der Waals surface area (Å²) in [7, 11) is 0. The van der Waals surface area contributed by atoms with E-state index in [0.717, 1.165) is 10.6 Å². The molecule has 0 atom stereocenters. The van der Waals surface area contributed by atoms with Gasteiger partial charge < -0.3 is 15.1 Å². The minimum absolute atomic E-state index is 0.104. The third-order valence-corrected chi connectivity index (χ3v) is 5.15. The molecule has 0 fully saturated rings. The highest BCUT2D eigenvalue weighted by atomic mass is 79.9. The van der Waals surface area contributed by atoms with Crippen LogP contribution >= 0.6 is 27.3 Å². The molecule has 6 nitrogen and oxygen atoms in total. The fourth-order valence-corrected chi connectivity index (χ4v) is 3.62. The van der Waals surface area contributed by atoms with E-state index in [0.29, 0.717) is 21.8 Å². The summed E-state index contributed by atoms with van der Waals surface area (Å²) in [5.41, 5.74) is 1.29. The molecule has 0 saturated carbocycles. The largest absolute Gasteiger partial charge is 0.444 e. The molecule has 0 aliphatic rings. The first kappa shape index (κ1) is 19.2. The Balaban J connectivity index is 1.57. The second-order valence-electron chi connectivity index (χ2n) is 5.63. The van der Waals surface area contributed by atoms with Gasteiger partial charge in [-0.05, 0) is 46.6 Å². The van der Waals surface area contributed by atoms with Gasteiger partial charge in [0.2, 0.25) is 5.91 Å². The molecule has 3 rings (SSSR count).